The van der Waals surface area contributed by atoms with E-state index in [1.807, 2.05) is 22.7 Å². The van der Waals surface area contributed by atoms with Crippen molar-refractivity contribution < 1.29 is 0 Å². The van der Waals surface area contributed by atoms with Gasteiger partial charge in [-0.25, -0.2) is 4.98 Å². The highest BCUT2D eigenvalue weighted by molar-refractivity contribution is 6.30. The maximum Gasteiger partial charge on any atom is 0.137 e. The molecule has 1 atom stereocenters. The number of hydrogen-bond donors (Lipinski definition) is 0. The molecule has 3 heterocycles. The number of nitrogens with zero attached hydrogens (tertiary/aromatic N) is 3. The van der Waals surface area contributed by atoms with E-state index in [-0.39, 0.29) is 0 Å². The number of halogens is 1. The van der Waals surface area contributed by atoms with Crippen molar-refractivity contribution in [3.63, 3.8) is 0 Å². The molecule has 1 aliphatic rings. The molecule has 0 amide bonds. The van der Waals surface area contributed by atoms with Crippen LogP contribution in [-0.4, -0.2) is 33.9 Å². The Morgan fingerprint density at radius 1 is 1.39 bits per heavy atom. The predicted molar refractivity (Wildman–Crippen MR) is 74.3 cm³/mol. The van der Waals surface area contributed by atoms with Gasteiger partial charge in [-0.05, 0) is 38.1 Å². The van der Waals surface area contributed by atoms with Gasteiger partial charge in [0.15, 0.2) is 0 Å². The van der Waals surface area contributed by atoms with Gasteiger partial charge in [-0.2, -0.15) is 0 Å². The number of fused-ring (bicyclic) bond motifs is 1. The maximum absolute atomic E-state index is 6.00. The van der Waals surface area contributed by atoms with E-state index in [2.05, 4.69) is 18.0 Å². The fraction of sp³-hybridized carbons (Fsp3) is 0.500. The first-order chi connectivity index (χ1) is 8.76. The number of likely N-dealkylation sites (N-methyl/N-ethyl adjacent to an activating group) is 1. The first kappa shape index (κ1) is 12.0. The fourth-order valence-corrected chi connectivity index (χ4v) is 2.93. The second-order valence-electron chi connectivity index (χ2n) is 5.01. The van der Waals surface area contributed by atoms with Crippen LogP contribution in [0.2, 0.25) is 5.02 Å². The average molecular weight is 264 g/mol. The van der Waals surface area contributed by atoms with Crippen LogP contribution >= 0.6 is 11.6 Å². The molecule has 1 unspecified atom stereocenters. The minimum Gasteiger partial charge on any atom is -0.305 e. The number of imidazole rings is 1. The third-order valence-electron chi connectivity index (χ3n) is 3.80. The number of aromatic nitrogens is 2. The van der Waals surface area contributed by atoms with Crippen LogP contribution in [0.3, 0.4) is 0 Å². The summed E-state index contributed by atoms with van der Waals surface area (Å²) in [6.45, 7) is 5.72. The van der Waals surface area contributed by atoms with Gasteiger partial charge in [-0.3, -0.25) is 0 Å². The van der Waals surface area contributed by atoms with Gasteiger partial charge < -0.3 is 9.30 Å². The number of likely N-dealkylation sites (tertiary alicyclic amines) is 1. The van der Waals surface area contributed by atoms with Gasteiger partial charge in [-0.1, -0.05) is 18.5 Å². The summed E-state index contributed by atoms with van der Waals surface area (Å²) in [4.78, 5) is 7.23. The topological polar surface area (TPSA) is 20.5 Å². The molecule has 2 aromatic heterocycles. The fourth-order valence-electron chi connectivity index (χ4n) is 2.77. The Morgan fingerprint density at radius 2 is 2.28 bits per heavy atom. The van der Waals surface area contributed by atoms with E-state index in [0.717, 1.165) is 23.8 Å². The average Bonchev–Trinajstić information content (AvgIpc) is 2.81. The summed E-state index contributed by atoms with van der Waals surface area (Å²) in [5, 5.41) is 0.755. The van der Waals surface area contributed by atoms with Crippen molar-refractivity contribution >= 4 is 17.2 Å². The molecule has 2 aromatic rings. The lowest BCUT2D eigenvalue weighted by Crippen LogP contribution is -2.34. The van der Waals surface area contributed by atoms with Crippen LogP contribution in [-0.2, 0) is 0 Å². The number of pyridine rings is 1. The molecular weight excluding hydrogens is 246 g/mol. The Morgan fingerprint density at radius 3 is 3.11 bits per heavy atom. The summed E-state index contributed by atoms with van der Waals surface area (Å²) in [5.74, 6) is 0.567. The molecule has 96 valence electrons. The third-order valence-corrected chi connectivity index (χ3v) is 4.03. The normalized spacial score (nSPS) is 21.6. The van der Waals surface area contributed by atoms with E-state index in [4.69, 9.17) is 16.6 Å². The van der Waals surface area contributed by atoms with Gasteiger partial charge in [-0.15, -0.1) is 0 Å². The SMILES string of the molecule is CCN1CCCC(c2cn3cc(Cl)ccc3n2)C1. The van der Waals surface area contributed by atoms with Gasteiger partial charge >= 0.3 is 0 Å². The van der Waals surface area contributed by atoms with Crippen LogP contribution in [0, 0.1) is 0 Å². The van der Waals surface area contributed by atoms with Gasteiger partial charge in [0, 0.05) is 24.9 Å². The lowest BCUT2D eigenvalue weighted by atomic mass is 9.95. The summed E-state index contributed by atoms with van der Waals surface area (Å²) in [7, 11) is 0. The number of piperidine rings is 1. The molecule has 4 heteroatoms. The minimum absolute atomic E-state index is 0.567. The Kier molecular flexibility index (Phi) is 3.27. The highest BCUT2D eigenvalue weighted by Crippen LogP contribution is 2.26. The van der Waals surface area contributed by atoms with Crippen LogP contribution in [0.25, 0.3) is 5.65 Å². The van der Waals surface area contributed by atoms with E-state index in [1.165, 1.54) is 25.1 Å². The zero-order valence-electron chi connectivity index (χ0n) is 10.6. The van der Waals surface area contributed by atoms with E-state index in [9.17, 15) is 0 Å². The Balaban J connectivity index is 1.89. The summed E-state index contributed by atoms with van der Waals surface area (Å²) in [6, 6.07) is 3.87. The molecule has 0 spiro atoms. The monoisotopic (exact) mass is 263 g/mol. The first-order valence-electron chi connectivity index (χ1n) is 6.63. The molecule has 0 N–H and O–H groups in total. The molecule has 3 nitrogen and oxygen atoms in total. The standard InChI is InChI=1S/C14H18ClN3/c1-2-17-7-3-4-11(8-17)13-10-18-9-12(15)5-6-14(18)16-13/h5-6,9-11H,2-4,7-8H2,1H3. The van der Waals surface area contributed by atoms with Crippen LogP contribution in [0.15, 0.2) is 24.5 Å². The summed E-state index contributed by atoms with van der Waals surface area (Å²) < 4.78 is 2.03. The van der Waals surface area contributed by atoms with Crippen molar-refractivity contribution in [3.05, 3.63) is 35.2 Å². The molecule has 0 bridgehead atoms. The number of hydrogen-bond acceptors (Lipinski definition) is 2. The molecular formula is C14H18ClN3. The van der Waals surface area contributed by atoms with E-state index < -0.39 is 0 Å². The van der Waals surface area contributed by atoms with Crippen LogP contribution in [0.1, 0.15) is 31.4 Å². The molecule has 0 aromatic carbocycles. The van der Waals surface area contributed by atoms with Crippen molar-refractivity contribution in [2.75, 3.05) is 19.6 Å². The molecule has 3 rings (SSSR count). The Labute approximate surface area is 112 Å². The van der Waals surface area contributed by atoms with Crippen molar-refractivity contribution in [1.29, 1.82) is 0 Å². The third kappa shape index (κ3) is 2.25. The zero-order valence-corrected chi connectivity index (χ0v) is 11.4. The molecule has 18 heavy (non-hydrogen) atoms. The summed E-state index contributed by atoms with van der Waals surface area (Å²) in [6.07, 6.45) is 6.57. The highest BCUT2D eigenvalue weighted by atomic mass is 35.5. The predicted octanol–water partition coefficient (Wildman–Crippen LogP) is 3.19. The maximum atomic E-state index is 6.00. The molecule has 1 fully saturated rings. The molecule has 1 aliphatic heterocycles. The Hall–Kier alpha value is -1.06. The van der Waals surface area contributed by atoms with E-state index in [0.29, 0.717) is 5.92 Å². The summed E-state index contributed by atoms with van der Waals surface area (Å²) >= 11 is 6.00. The number of rotatable bonds is 2. The lowest BCUT2D eigenvalue weighted by Gasteiger charge is -2.30. The van der Waals surface area contributed by atoms with Crippen LogP contribution in [0.4, 0.5) is 0 Å². The summed E-state index contributed by atoms with van der Waals surface area (Å²) in [5.41, 5.74) is 2.19. The molecule has 0 saturated carbocycles. The highest BCUT2D eigenvalue weighted by Gasteiger charge is 2.22. The molecule has 0 radical (unpaired) electrons. The van der Waals surface area contributed by atoms with Gasteiger partial charge in [0.25, 0.3) is 0 Å². The van der Waals surface area contributed by atoms with Gasteiger partial charge in [0.05, 0.1) is 10.7 Å². The van der Waals surface area contributed by atoms with E-state index in [1.54, 1.807) is 0 Å². The van der Waals surface area contributed by atoms with Crippen molar-refractivity contribution in [2.24, 2.45) is 0 Å². The Bertz CT molecular complexity index is 549. The first-order valence-corrected chi connectivity index (χ1v) is 7.00. The van der Waals surface area contributed by atoms with Crippen LogP contribution < -0.4 is 0 Å². The lowest BCUT2D eigenvalue weighted by molar-refractivity contribution is 0.216. The van der Waals surface area contributed by atoms with Gasteiger partial charge in [0.1, 0.15) is 5.65 Å². The molecule has 0 aliphatic carbocycles. The second kappa shape index (κ2) is 4.90. The van der Waals surface area contributed by atoms with E-state index >= 15 is 0 Å². The van der Waals surface area contributed by atoms with Crippen LogP contribution in [0.5, 0.6) is 0 Å². The van der Waals surface area contributed by atoms with Crippen molar-refractivity contribution in [3.8, 4) is 0 Å². The minimum atomic E-state index is 0.567. The van der Waals surface area contributed by atoms with Gasteiger partial charge in [0.2, 0.25) is 0 Å². The molecule has 1 saturated heterocycles. The second-order valence-corrected chi connectivity index (χ2v) is 5.45. The zero-order chi connectivity index (χ0) is 12.5. The quantitative estimate of drug-likeness (QED) is 0.830. The van der Waals surface area contributed by atoms with Crippen molar-refractivity contribution in [2.45, 2.75) is 25.7 Å². The van der Waals surface area contributed by atoms with Crippen molar-refractivity contribution in [1.82, 2.24) is 14.3 Å². The largest absolute Gasteiger partial charge is 0.305 e. The smallest absolute Gasteiger partial charge is 0.137 e.